The number of aromatic amines is 1. The average Bonchev–Trinajstić information content (AvgIpc) is 3.31. The van der Waals surface area contributed by atoms with Gasteiger partial charge >= 0.3 is 0 Å². The standard InChI is InChI=1S/C17H17N5O3/c1-10-15(23)8-22(10)17(24)14-9-25-16(21-14)4-13-3-2-11(5-18-13)12-6-19-20-7-12/h2-3,5-7,9-10,15,23H,4,8H2,1H3,(H,19,20)/t10-,15-/m0/s1. The second kappa shape index (κ2) is 6.14. The van der Waals surface area contributed by atoms with Crippen LogP contribution in [0.15, 0.2) is 41.4 Å². The molecular formula is C17H17N5O3. The number of hydrogen-bond donors (Lipinski definition) is 2. The number of rotatable bonds is 4. The number of oxazole rings is 1. The minimum Gasteiger partial charge on any atom is -0.448 e. The van der Waals surface area contributed by atoms with Crippen LogP contribution in [0.3, 0.4) is 0 Å². The minimum absolute atomic E-state index is 0.190. The lowest BCUT2D eigenvalue weighted by Gasteiger charge is -2.42. The topological polar surface area (TPSA) is 108 Å². The van der Waals surface area contributed by atoms with Crippen molar-refractivity contribution in [2.45, 2.75) is 25.5 Å². The van der Waals surface area contributed by atoms with Crippen molar-refractivity contribution in [3.05, 3.63) is 54.3 Å². The zero-order chi connectivity index (χ0) is 17.4. The van der Waals surface area contributed by atoms with Crippen LogP contribution in [0, 0.1) is 0 Å². The quantitative estimate of drug-likeness (QED) is 0.741. The molecule has 1 amide bonds. The summed E-state index contributed by atoms with van der Waals surface area (Å²) in [5.41, 5.74) is 2.98. The molecule has 0 radical (unpaired) electrons. The molecule has 25 heavy (non-hydrogen) atoms. The molecule has 0 unspecified atom stereocenters. The second-order valence-corrected chi connectivity index (χ2v) is 6.09. The van der Waals surface area contributed by atoms with Crippen LogP contribution in [0.25, 0.3) is 11.1 Å². The molecule has 3 aromatic heterocycles. The van der Waals surface area contributed by atoms with E-state index >= 15 is 0 Å². The minimum atomic E-state index is -0.465. The van der Waals surface area contributed by atoms with Gasteiger partial charge in [0, 0.05) is 35.8 Å². The molecule has 0 spiro atoms. The molecule has 8 nitrogen and oxygen atoms in total. The lowest BCUT2D eigenvalue weighted by Crippen LogP contribution is -2.60. The summed E-state index contributed by atoms with van der Waals surface area (Å²) in [6.45, 7) is 2.14. The summed E-state index contributed by atoms with van der Waals surface area (Å²) in [7, 11) is 0. The number of carbonyl (C=O) groups excluding carboxylic acids is 1. The summed E-state index contributed by atoms with van der Waals surface area (Å²) in [5, 5.41) is 16.2. The van der Waals surface area contributed by atoms with E-state index < -0.39 is 6.10 Å². The van der Waals surface area contributed by atoms with Crippen molar-refractivity contribution in [1.82, 2.24) is 25.1 Å². The fraction of sp³-hybridized carbons (Fsp3) is 0.294. The molecule has 1 saturated heterocycles. The van der Waals surface area contributed by atoms with E-state index in [0.29, 0.717) is 18.9 Å². The Morgan fingerprint density at radius 3 is 2.92 bits per heavy atom. The van der Waals surface area contributed by atoms with Gasteiger partial charge < -0.3 is 14.4 Å². The van der Waals surface area contributed by atoms with E-state index in [1.54, 1.807) is 30.4 Å². The third-order valence-electron chi connectivity index (χ3n) is 4.45. The highest BCUT2D eigenvalue weighted by atomic mass is 16.3. The van der Waals surface area contributed by atoms with E-state index in [-0.39, 0.29) is 17.6 Å². The zero-order valence-corrected chi connectivity index (χ0v) is 13.6. The third kappa shape index (κ3) is 2.91. The zero-order valence-electron chi connectivity index (χ0n) is 13.6. The van der Waals surface area contributed by atoms with Gasteiger partial charge in [0.15, 0.2) is 5.69 Å². The Balaban J connectivity index is 1.43. The van der Waals surface area contributed by atoms with Gasteiger partial charge in [0.25, 0.3) is 5.91 Å². The van der Waals surface area contributed by atoms with Crippen molar-refractivity contribution in [2.75, 3.05) is 6.54 Å². The predicted molar refractivity (Wildman–Crippen MR) is 87.6 cm³/mol. The molecule has 2 N–H and O–H groups in total. The molecule has 8 heteroatoms. The SMILES string of the molecule is C[C@H]1[C@@H](O)CN1C(=O)c1coc(Cc2ccc(-c3cn[nH]c3)cn2)n1. The lowest BCUT2D eigenvalue weighted by molar-refractivity contribution is -0.0360. The number of nitrogens with zero attached hydrogens (tertiary/aromatic N) is 4. The Labute approximate surface area is 143 Å². The molecule has 0 aromatic carbocycles. The van der Waals surface area contributed by atoms with Crippen molar-refractivity contribution in [3.8, 4) is 11.1 Å². The van der Waals surface area contributed by atoms with E-state index in [1.807, 2.05) is 12.1 Å². The summed E-state index contributed by atoms with van der Waals surface area (Å²) in [6, 6.07) is 3.65. The maximum absolute atomic E-state index is 12.3. The molecule has 0 saturated carbocycles. The molecule has 2 atom stereocenters. The number of H-pyrrole nitrogens is 1. The molecule has 3 aromatic rings. The Morgan fingerprint density at radius 1 is 1.40 bits per heavy atom. The number of aliphatic hydroxyl groups excluding tert-OH is 1. The summed E-state index contributed by atoms with van der Waals surface area (Å²) in [5.74, 6) is 0.205. The van der Waals surface area contributed by atoms with Crippen molar-refractivity contribution >= 4 is 5.91 Å². The molecule has 4 heterocycles. The predicted octanol–water partition coefficient (Wildman–Crippen LogP) is 1.26. The number of amides is 1. The summed E-state index contributed by atoms with van der Waals surface area (Å²) >= 11 is 0. The Hall–Kier alpha value is -3.00. The fourth-order valence-corrected chi connectivity index (χ4v) is 2.76. The van der Waals surface area contributed by atoms with E-state index in [1.165, 1.54) is 6.26 Å². The van der Waals surface area contributed by atoms with Crippen LogP contribution >= 0.6 is 0 Å². The first kappa shape index (κ1) is 15.5. The molecule has 128 valence electrons. The molecule has 1 fully saturated rings. The van der Waals surface area contributed by atoms with Gasteiger partial charge in [0.2, 0.25) is 5.89 Å². The Kier molecular flexibility index (Phi) is 3.81. The van der Waals surface area contributed by atoms with Crippen molar-refractivity contribution in [1.29, 1.82) is 0 Å². The molecule has 1 aliphatic heterocycles. The lowest BCUT2D eigenvalue weighted by atomic mass is 10.0. The summed E-state index contributed by atoms with van der Waals surface area (Å²) < 4.78 is 5.40. The molecule has 1 aliphatic rings. The van der Waals surface area contributed by atoms with Crippen LogP contribution in [0.4, 0.5) is 0 Å². The number of carbonyl (C=O) groups is 1. The van der Waals surface area contributed by atoms with Gasteiger partial charge in [0.05, 0.1) is 24.8 Å². The Morgan fingerprint density at radius 2 is 2.28 bits per heavy atom. The molecule has 0 bridgehead atoms. The number of hydrogen-bond acceptors (Lipinski definition) is 6. The van der Waals surface area contributed by atoms with Gasteiger partial charge in [-0.05, 0) is 13.0 Å². The van der Waals surface area contributed by atoms with Gasteiger partial charge in [-0.2, -0.15) is 5.10 Å². The van der Waals surface area contributed by atoms with Crippen molar-refractivity contribution < 1.29 is 14.3 Å². The van der Waals surface area contributed by atoms with Gasteiger partial charge in [-0.25, -0.2) is 4.98 Å². The van der Waals surface area contributed by atoms with E-state index in [4.69, 9.17) is 4.42 Å². The van der Waals surface area contributed by atoms with Gasteiger partial charge in [-0.15, -0.1) is 0 Å². The van der Waals surface area contributed by atoms with Crippen LogP contribution in [0.5, 0.6) is 0 Å². The normalized spacial score (nSPS) is 19.7. The molecule has 4 rings (SSSR count). The van der Waals surface area contributed by atoms with Crippen molar-refractivity contribution in [2.24, 2.45) is 0 Å². The van der Waals surface area contributed by atoms with E-state index in [9.17, 15) is 9.90 Å². The van der Waals surface area contributed by atoms with Crippen LogP contribution < -0.4 is 0 Å². The highest BCUT2D eigenvalue weighted by Gasteiger charge is 2.38. The third-order valence-corrected chi connectivity index (χ3v) is 4.45. The number of β-amino-alcohol motifs (C(OH)–C–C–N with tert-alkyl or cyclic N) is 1. The smallest absolute Gasteiger partial charge is 0.276 e. The highest BCUT2D eigenvalue weighted by Crippen LogP contribution is 2.21. The van der Waals surface area contributed by atoms with Crippen LogP contribution in [0.2, 0.25) is 0 Å². The van der Waals surface area contributed by atoms with E-state index in [0.717, 1.165) is 16.8 Å². The summed E-state index contributed by atoms with van der Waals surface area (Å²) in [4.78, 5) is 22.5. The van der Waals surface area contributed by atoms with Crippen molar-refractivity contribution in [3.63, 3.8) is 0 Å². The Bertz CT molecular complexity index is 872. The summed E-state index contributed by atoms with van der Waals surface area (Å²) in [6.07, 6.45) is 6.59. The van der Waals surface area contributed by atoms with E-state index in [2.05, 4.69) is 20.2 Å². The number of pyridine rings is 1. The monoisotopic (exact) mass is 339 g/mol. The van der Waals surface area contributed by atoms with Crippen LogP contribution in [0.1, 0.15) is 29.0 Å². The van der Waals surface area contributed by atoms with Gasteiger partial charge in [-0.1, -0.05) is 6.07 Å². The van der Waals surface area contributed by atoms with Gasteiger partial charge in [-0.3, -0.25) is 14.9 Å². The molecular weight excluding hydrogens is 322 g/mol. The van der Waals surface area contributed by atoms with Crippen LogP contribution in [-0.4, -0.2) is 54.8 Å². The first-order valence-electron chi connectivity index (χ1n) is 7.99. The molecule has 0 aliphatic carbocycles. The fourth-order valence-electron chi connectivity index (χ4n) is 2.76. The second-order valence-electron chi connectivity index (χ2n) is 6.09. The maximum Gasteiger partial charge on any atom is 0.276 e. The van der Waals surface area contributed by atoms with Crippen LogP contribution in [-0.2, 0) is 6.42 Å². The van der Waals surface area contributed by atoms with Gasteiger partial charge in [0.1, 0.15) is 6.26 Å². The highest BCUT2D eigenvalue weighted by molar-refractivity contribution is 5.92. The number of likely N-dealkylation sites (tertiary alicyclic amines) is 1. The number of aliphatic hydroxyl groups is 1. The number of nitrogens with one attached hydrogen (secondary N) is 1. The first-order chi connectivity index (χ1) is 12.1. The number of aromatic nitrogens is 4. The largest absolute Gasteiger partial charge is 0.448 e. The first-order valence-corrected chi connectivity index (χ1v) is 7.99. The maximum atomic E-state index is 12.3. The average molecular weight is 339 g/mol.